The van der Waals surface area contributed by atoms with Crippen molar-refractivity contribution in [2.24, 2.45) is 5.10 Å². The van der Waals surface area contributed by atoms with E-state index in [1.807, 2.05) is 43.3 Å². The number of halogens is 1. The predicted molar refractivity (Wildman–Crippen MR) is 93.9 cm³/mol. The number of anilines is 1. The highest BCUT2D eigenvalue weighted by molar-refractivity contribution is 6.30. The van der Waals surface area contributed by atoms with Crippen molar-refractivity contribution < 1.29 is 0 Å². The van der Waals surface area contributed by atoms with E-state index in [1.54, 1.807) is 6.21 Å². The van der Waals surface area contributed by atoms with Gasteiger partial charge < -0.3 is 0 Å². The van der Waals surface area contributed by atoms with E-state index in [9.17, 15) is 0 Å². The summed E-state index contributed by atoms with van der Waals surface area (Å²) in [6.07, 6.45) is 1.77. The molecule has 4 heteroatoms. The molecular formula is C18H16ClN3. The van der Waals surface area contributed by atoms with Crippen LogP contribution in [0.15, 0.2) is 53.6 Å². The van der Waals surface area contributed by atoms with Gasteiger partial charge in [-0.25, -0.2) is 0 Å². The molecule has 0 radical (unpaired) electrons. The maximum absolute atomic E-state index is 5.87. The van der Waals surface area contributed by atoms with Gasteiger partial charge in [-0.05, 0) is 43.2 Å². The molecule has 0 saturated heterocycles. The third kappa shape index (κ3) is 3.10. The molecule has 0 saturated carbocycles. The summed E-state index contributed by atoms with van der Waals surface area (Å²) in [6, 6.07) is 15.7. The summed E-state index contributed by atoms with van der Waals surface area (Å²) in [5.41, 5.74) is 8.19. The molecule has 0 atom stereocenters. The smallest absolute Gasteiger partial charge is 0.0755 e. The number of benzene rings is 2. The van der Waals surface area contributed by atoms with Gasteiger partial charge in [0, 0.05) is 16.1 Å². The Bertz CT molecular complexity index is 839. The van der Waals surface area contributed by atoms with Crippen LogP contribution in [-0.4, -0.2) is 11.2 Å². The van der Waals surface area contributed by atoms with E-state index in [0.29, 0.717) is 0 Å². The molecule has 0 aliphatic heterocycles. The van der Waals surface area contributed by atoms with E-state index in [4.69, 9.17) is 11.6 Å². The van der Waals surface area contributed by atoms with Crippen molar-refractivity contribution in [1.29, 1.82) is 0 Å². The van der Waals surface area contributed by atoms with E-state index in [1.165, 1.54) is 0 Å². The number of hydrogen-bond acceptors (Lipinski definition) is 3. The zero-order valence-electron chi connectivity index (χ0n) is 12.5. The summed E-state index contributed by atoms with van der Waals surface area (Å²) in [4.78, 5) is 4.61. The van der Waals surface area contributed by atoms with Crippen LogP contribution in [0, 0.1) is 13.8 Å². The van der Waals surface area contributed by atoms with Crippen molar-refractivity contribution in [2.75, 3.05) is 5.43 Å². The van der Waals surface area contributed by atoms with Gasteiger partial charge in [0.2, 0.25) is 0 Å². The van der Waals surface area contributed by atoms with E-state index >= 15 is 0 Å². The molecule has 3 rings (SSSR count). The van der Waals surface area contributed by atoms with Gasteiger partial charge >= 0.3 is 0 Å². The fourth-order valence-electron chi connectivity index (χ4n) is 2.34. The van der Waals surface area contributed by atoms with Crippen LogP contribution in [0.3, 0.4) is 0 Å². The van der Waals surface area contributed by atoms with Gasteiger partial charge in [-0.2, -0.15) is 5.10 Å². The number of para-hydroxylation sites is 1. The molecule has 0 amide bonds. The maximum atomic E-state index is 5.87. The number of hydrogen-bond donors (Lipinski definition) is 1. The van der Waals surface area contributed by atoms with Gasteiger partial charge in [0.25, 0.3) is 0 Å². The minimum Gasteiger partial charge on any atom is -0.278 e. The zero-order valence-corrected chi connectivity index (χ0v) is 13.2. The van der Waals surface area contributed by atoms with Crippen LogP contribution in [0.4, 0.5) is 5.69 Å². The minimum absolute atomic E-state index is 0.719. The van der Waals surface area contributed by atoms with Crippen molar-refractivity contribution in [3.05, 3.63) is 70.4 Å². The molecule has 0 unspecified atom stereocenters. The van der Waals surface area contributed by atoms with Gasteiger partial charge in [-0.3, -0.25) is 10.4 Å². The number of aromatic nitrogens is 1. The molecule has 0 fully saturated rings. The van der Waals surface area contributed by atoms with Crippen molar-refractivity contribution >= 4 is 34.4 Å². The molecule has 22 heavy (non-hydrogen) atoms. The van der Waals surface area contributed by atoms with Crippen LogP contribution in [0.5, 0.6) is 0 Å². The summed E-state index contributed by atoms with van der Waals surface area (Å²) >= 11 is 5.87. The Kier molecular flexibility index (Phi) is 4.07. The first-order valence-electron chi connectivity index (χ1n) is 7.05. The highest BCUT2D eigenvalue weighted by Gasteiger charge is 2.05. The lowest BCUT2D eigenvalue weighted by Crippen LogP contribution is -1.95. The molecule has 110 valence electrons. The third-order valence-electron chi connectivity index (χ3n) is 3.44. The molecule has 0 aliphatic rings. The highest BCUT2D eigenvalue weighted by atomic mass is 35.5. The van der Waals surface area contributed by atoms with Crippen LogP contribution in [0.25, 0.3) is 10.9 Å². The third-order valence-corrected chi connectivity index (χ3v) is 3.69. The first kappa shape index (κ1) is 14.5. The molecule has 1 heterocycles. The molecule has 0 bridgehead atoms. The Morgan fingerprint density at radius 2 is 1.86 bits per heavy atom. The standard InChI is InChI=1S/C18H16ClN3/c1-12-4-3-5-16-17(10-13(2)21-18(12)16)22-20-11-14-6-8-15(19)9-7-14/h3-11H,1-2H3,(H,21,22)/b20-11+. The number of fused-ring (bicyclic) bond motifs is 1. The summed E-state index contributed by atoms with van der Waals surface area (Å²) in [6.45, 7) is 4.05. The second-order valence-electron chi connectivity index (χ2n) is 5.20. The molecule has 1 N–H and O–H groups in total. The van der Waals surface area contributed by atoms with Crippen molar-refractivity contribution in [3.63, 3.8) is 0 Å². The first-order valence-corrected chi connectivity index (χ1v) is 7.43. The lowest BCUT2D eigenvalue weighted by atomic mass is 10.1. The van der Waals surface area contributed by atoms with E-state index in [2.05, 4.69) is 34.6 Å². The first-order chi connectivity index (χ1) is 10.6. The molecule has 0 spiro atoms. The second-order valence-corrected chi connectivity index (χ2v) is 5.64. The van der Waals surface area contributed by atoms with Gasteiger partial charge in [-0.15, -0.1) is 0 Å². The molecule has 0 aliphatic carbocycles. The lowest BCUT2D eigenvalue weighted by molar-refractivity contribution is 1.23. The zero-order chi connectivity index (χ0) is 15.5. The monoisotopic (exact) mass is 309 g/mol. The van der Waals surface area contributed by atoms with Crippen LogP contribution < -0.4 is 5.43 Å². The Hall–Kier alpha value is -2.39. The molecule has 1 aromatic heterocycles. The molecule has 3 nitrogen and oxygen atoms in total. The quantitative estimate of drug-likeness (QED) is 0.549. The van der Waals surface area contributed by atoms with Crippen molar-refractivity contribution in [3.8, 4) is 0 Å². The maximum Gasteiger partial charge on any atom is 0.0755 e. The largest absolute Gasteiger partial charge is 0.278 e. The number of nitrogens with zero attached hydrogens (tertiary/aromatic N) is 2. The summed E-state index contributed by atoms with van der Waals surface area (Å²) in [7, 11) is 0. The van der Waals surface area contributed by atoms with Gasteiger partial charge in [0.15, 0.2) is 0 Å². The van der Waals surface area contributed by atoms with Gasteiger partial charge in [0.1, 0.15) is 0 Å². The summed E-state index contributed by atoms with van der Waals surface area (Å²) in [5, 5.41) is 6.10. The summed E-state index contributed by atoms with van der Waals surface area (Å²) in [5.74, 6) is 0. The minimum atomic E-state index is 0.719. The fourth-order valence-corrected chi connectivity index (χ4v) is 2.46. The van der Waals surface area contributed by atoms with Crippen LogP contribution in [0.1, 0.15) is 16.8 Å². The summed E-state index contributed by atoms with van der Waals surface area (Å²) < 4.78 is 0. The predicted octanol–water partition coefficient (Wildman–Crippen LogP) is 4.95. The van der Waals surface area contributed by atoms with Crippen LogP contribution >= 0.6 is 11.6 Å². The Morgan fingerprint density at radius 1 is 1.09 bits per heavy atom. The van der Waals surface area contributed by atoms with E-state index in [0.717, 1.165) is 38.4 Å². The Labute approximate surface area is 134 Å². The van der Waals surface area contributed by atoms with Gasteiger partial charge in [0.05, 0.1) is 17.4 Å². The Morgan fingerprint density at radius 3 is 2.64 bits per heavy atom. The van der Waals surface area contributed by atoms with E-state index in [-0.39, 0.29) is 0 Å². The molecular weight excluding hydrogens is 294 g/mol. The number of nitrogens with one attached hydrogen (secondary N) is 1. The van der Waals surface area contributed by atoms with Crippen LogP contribution in [0.2, 0.25) is 5.02 Å². The molecule has 2 aromatic carbocycles. The molecule has 3 aromatic rings. The average Bonchev–Trinajstić information content (AvgIpc) is 2.50. The number of pyridine rings is 1. The van der Waals surface area contributed by atoms with Crippen molar-refractivity contribution in [1.82, 2.24) is 4.98 Å². The number of rotatable bonds is 3. The van der Waals surface area contributed by atoms with Crippen LogP contribution in [-0.2, 0) is 0 Å². The normalized spacial score (nSPS) is 11.2. The SMILES string of the molecule is Cc1cc(N/N=C/c2ccc(Cl)cc2)c2cccc(C)c2n1. The fraction of sp³-hybridized carbons (Fsp3) is 0.111. The average molecular weight is 310 g/mol. The lowest BCUT2D eigenvalue weighted by Gasteiger charge is -2.08. The highest BCUT2D eigenvalue weighted by Crippen LogP contribution is 2.25. The van der Waals surface area contributed by atoms with Crippen molar-refractivity contribution in [2.45, 2.75) is 13.8 Å². The number of hydrazone groups is 1. The Balaban J connectivity index is 1.90. The topological polar surface area (TPSA) is 37.3 Å². The second kappa shape index (κ2) is 6.16. The van der Waals surface area contributed by atoms with Gasteiger partial charge in [-0.1, -0.05) is 41.9 Å². The van der Waals surface area contributed by atoms with E-state index < -0.39 is 0 Å². The number of aryl methyl sites for hydroxylation is 2.